The van der Waals surface area contributed by atoms with Gasteiger partial charge in [0.2, 0.25) is 0 Å². The average Bonchev–Trinajstić information content (AvgIpc) is 3.87. The molecule has 0 radical (unpaired) electrons. The Kier molecular flexibility index (Phi) is 7.62. The van der Waals surface area contributed by atoms with Crippen LogP contribution < -0.4 is 16.4 Å². The molecule has 4 nitrogen and oxygen atoms in total. The number of hydrogen-bond donors (Lipinski definition) is 0. The van der Waals surface area contributed by atoms with Crippen LogP contribution in [-0.2, 0) is 0 Å². The lowest BCUT2D eigenvalue weighted by atomic mass is 9.36. The van der Waals surface area contributed by atoms with E-state index in [1.54, 1.807) is 18.1 Å². The third kappa shape index (κ3) is 5.03. The van der Waals surface area contributed by atoms with Crippen LogP contribution in [0.5, 0.6) is 0 Å². The normalized spacial score (nSPS) is 12.9. The van der Waals surface area contributed by atoms with Gasteiger partial charge in [0.1, 0.15) is 6.33 Å². The van der Waals surface area contributed by atoms with Crippen LogP contribution in [0.15, 0.2) is 220 Å². The first-order valence-corrected chi connectivity index (χ1v) is 23.0. The van der Waals surface area contributed by atoms with Crippen molar-refractivity contribution in [3.05, 3.63) is 201 Å². The smallest absolute Gasteiger partial charge is 0.252 e. The minimum absolute atomic E-state index is 0.100. The van der Waals surface area contributed by atoms with Crippen LogP contribution in [0.4, 0.5) is 0 Å². The second-order valence-electron chi connectivity index (χ2n) is 16.4. The van der Waals surface area contributed by atoms with Crippen molar-refractivity contribution in [1.29, 1.82) is 0 Å². The van der Waals surface area contributed by atoms with E-state index < -0.39 is 0 Å². The van der Waals surface area contributed by atoms with Crippen LogP contribution >= 0.6 is 23.5 Å². The number of fused-ring (bicyclic) bond motifs is 12. The summed E-state index contributed by atoms with van der Waals surface area (Å²) in [6, 6.07) is 69.1. The van der Waals surface area contributed by atoms with Gasteiger partial charge in [-0.3, -0.25) is 0 Å². The quantitative estimate of drug-likeness (QED) is 0.131. The van der Waals surface area contributed by atoms with Crippen LogP contribution in [0.2, 0.25) is 0 Å². The van der Waals surface area contributed by atoms with E-state index in [0.717, 1.165) is 10.5 Å². The van der Waals surface area contributed by atoms with Gasteiger partial charge in [0.05, 0.1) is 38.5 Å². The van der Waals surface area contributed by atoms with E-state index in [2.05, 4.69) is 203 Å². The Morgan fingerprint density at radius 3 is 1.67 bits per heavy atom. The molecule has 0 saturated heterocycles. The molecule has 7 heteroatoms. The third-order valence-electron chi connectivity index (χ3n) is 13.2. The fourth-order valence-electron chi connectivity index (χ4n) is 10.6. The molecule has 0 atom stereocenters. The molecule has 14 rings (SSSR count). The van der Waals surface area contributed by atoms with Crippen molar-refractivity contribution in [3.63, 3.8) is 0 Å². The van der Waals surface area contributed by atoms with Crippen LogP contribution in [0.1, 0.15) is 0 Å². The standard InChI is InChI=1S/C56H33BN4S2/c1-3-15-34(16-4-1)38-23-13-25-42-40-21-9-11-27-45(40)60(52(38)42)47-29-30-49-51-54(47)63-56-44(32-58-33-59-56)57(51)50-37-20-8-7-19-36(37)31-48(55(50)62-49)61-46-28-12-10-22-41(46)43-26-14-24-39(53(43)61)35-17-5-2-6-18-35/h1-33H. The SMILES string of the molecule is c1ccc(-c2cccc3c4ccccc4n(-c4ccc5c6c4Sc4ncncc4B6c4c(c(-n6c7ccccc7c7cccc(-c8ccccc8)c76)cc6ccccc46)S5)c23)cc1. The number of para-hydroxylation sites is 4. The topological polar surface area (TPSA) is 35.6 Å². The molecule has 0 spiro atoms. The highest BCUT2D eigenvalue weighted by molar-refractivity contribution is 8.01. The second-order valence-corrected chi connectivity index (χ2v) is 18.5. The molecule has 3 aromatic heterocycles. The van der Waals surface area contributed by atoms with Crippen molar-refractivity contribution in [1.82, 2.24) is 19.1 Å². The summed E-state index contributed by atoms with van der Waals surface area (Å²) in [4.78, 5) is 13.6. The summed E-state index contributed by atoms with van der Waals surface area (Å²) < 4.78 is 5.07. The van der Waals surface area contributed by atoms with E-state index >= 15 is 0 Å². The van der Waals surface area contributed by atoms with Crippen LogP contribution in [0.25, 0.3) is 88.0 Å². The number of aromatic nitrogens is 4. The largest absolute Gasteiger partial charge is 0.307 e. The molecular weight excluding hydrogens is 804 g/mol. The van der Waals surface area contributed by atoms with Crippen molar-refractivity contribution >= 4 is 101 Å². The Labute approximate surface area is 372 Å². The molecule has 2 aliphatic heterocycles. The predicted octanol–water partition coefficient (Wildman–Crippen LogP) is 12.6. The van der Waals surface area contributed by atoms with Crippen LogP contribution in [-0.4, -0.2) is 25.8 Å². The molecule has 63 heavy (non-hydrogen) atoms. The van der Waals surface area contributed by atoms with Gasteiger partial charge in [-0.15, -0.1) is 0 Å². The minimum Gasteiger partial charge on any atom is -0.307 e. The highest BCUT2D eigenvalue weighted by Gasteiger charge is 2.42. The lowest BCUT2D eigenvalue weighted by Gasteiger charge is -2.35. The van der Waals surface area contributed by atoms with Gasteiger partial charge in [0.15, 0.2) is 0 Å². The summed E-state index contributed by atoms with van der Waals surface area (Å²) in [5.74, 6) is 0. The number of hydrogen-bond acceptors (Lipinski definition) is 4. The molecule has 2 aliphatic rings. The fourth-order valence-corrected chi connectivity index (χ4v) is 13.2. The maximum Gasteiger partial charge on any atom is 0.252 e. The zero-order valence-electron chi connectivity index (χ0n) is 33.7. The van der Waals surface area contributed by atoms with E-state index in [4.69, 9.17) is 9.97 Å². The van der Waals surface area contributed by atoms with E-state index in [9.17, 15) is 0 Å². The van der Waals surface area contributed by atoms with Gasteiger partial charge in [0, 0.05) is 53.6 Å². The lowest BCUT2D eigenvalue weighted by Crippen LogP contribution is -2.59. The van der Waals surface area contributed by atoms with Gasteiger partial charge >= 0.3 is 0 Å². The molecule has 0 N–H and O–H groups in total. The summed E-state index contributed by atoms with van der Waals surface area (Å²) >= 11 is 3.70. The van der Waals surface area contributed by atoms with Gasteiger partial charge in [-0.2, -0.15) is 0 Å². The summed E-state index contributed by atoms with van der Waals surface area (Å²) in [5, 5.41) is 8.44. The molecule has 0 amide bonds. The first-order valence-electron chi connectivity index (χ1n) is 21.3. The minimum atomic E-state index is -0.100. The molecule has 0 bridgehead atoms. The third-order valence-corrected chi connectivity index (χ3v) is 15.6. The average molecular weight is 837 g/mol. The predicted molar refractivity (Wildman–Crippen MR) is 265 cm³/mol. The molecule has 0 unspecified atom stereocenters. The van der Waals surface area contributed by atoms with Crippen LogP contribution in [0.3, 0.4) is 0 Å². The van der Waals surface area contributed by atoms with Gasteiger partial charge in [-0.05, 0) is 68.6 Å². The van der Waals surface area contributed by atoms with Crippen molar-refractivity contribution in [3.8, 4) is 33.6 Å². The summed E-state index contributed by atoms with van der Waals surface area (Å²) in [6.45, 7) is -0.100. The zero-order chi connectivity index (χ0) is 41.2. The second kappa shape index (κ2) is 13.6. The number of rotatable bonds is 4. The Hall–Kier alpha value is -7.32. The van der Waals surface area contributed by atoms with Crippen molar-refractivity contribution in [2.45, 2.75) is 19.7 Å². The number of benzene rings is 9. The fraction of sp³-hybridized carbons (Fsp3) is 0. The molecule has 5 heterocycles. The van der Waals surface area contributed by atoms with Crippen molar-refractivity contribution in [2.75, 3.05) is 0 Å². The molecule has 12 aromatic rings. The van der Waals surface area contributed by atoms with Gasteiger partial charge in [-0.1, -0.05) is 181 Å². The van der Waals surface area contributed by atoms with Crippen LogP contribution in [0, 0.1) is 0 Å². The molecule has 0 saturated carbocycles. The summed E-state index contributed by atoms with van der Waals surface area (Å²) in [7, 11) is 0. The Morgan fingerprint density at radius 1 is 0.444 bits per heavy atom. The maximum absolute atomic E-state index is 5.07. The molecular formula is C56H33BN4S2. The molecule has 292 valence electrons. The summed E-state index contributed by atoms with van der Waals surface area (Å²) in [6.07, 6.45) is 3.78. The van der Waals surface area contributed by atoms with Gasteiger partial charge in [0.25, 0.3) is 6.71 Å². The van der Waals surface area contributed by atoms with E-state index in [-0.39, 0.29) is 6.71 Å². The summed E-state index contributed by atoms with van der Waals surface area (Å²) in [5.41, 5.74) is 15.8. The highest BCUT2D eigenvalue weighted by atomic mass is 32.2. The Morgan fingerprint density at radius 2 is 1.00 bits per heavy atom. The van der Waals surface area contributed by atoms with Gasteiger partial charge < -0.3 is 9.13 Å². The Bertz CT molecular complexity index is 3880. The lowest BCUT2D eigenvalue weighted by molar-refractivity contribution is 1.05. The first kappa shape index (κ1) is 35.3. The van der Waals surface area contributed by atoms with E-state index in [1.807, 2.05) is 11.8 Å². The zero-order valence-corrected chi connectivity index (χ0v) is 35.4. The number of nitrogens with zero attached hydrogens (tertiary/aromatic N) is 4. The van der Waals surface area contributed by atoms with Crippen molar-refractivity contribution < 1.29 is 0 Å². The monoisotopic (exact) mass is 836 g/mol. The molecule has 0 aliphatic carbocycles. The molecule has 0 fully saturated rings. The maximum atomic E-state index is 5.07. The van der Waals surface area contributed by atoms with E-state index in [1.165, 1.54) is 114 Å². The van der Waals surface area contributed by atoms with Gasteiger partial charge in [-0.25, -0.2) is 9.97 Å². The van der Waals surface area contributed by atoms with Crippen molar-refractivity contribution in [2.24, 2.45) is 0 Å². The Balaban J connectivity index is 1.10. The van der Waals surface area contributed by atoms with E-state index in [0.29, 0.717) is 0 Å². The first-order chi connectivity index (χ1) is 31.3. The highest BCUT2D eigenvalue weighted by Crippen LogP contribution is 2.48. The molecule has 9 aromatic carbocycles.